The van der Waals surface area contributed by atoms with Crippen molar-refractivity contribution >= 4 is 0 Å². The third-order valence-corrected chi connectivity index (χ3v) is 2.87. The van der Waals surface area contributed by atoms with Crippen molar-refractivity contribution in [2.75, 3.05) is 20.1 Å². The van der Waals surface area contributed by atoms with Crippen LogP contribution in [0.5, 0.6) is 0 Å². The maximum Gasteiger partial charge on any atom is 0.390 e. The van der Waals surface area contributed by atoms with Gasteiger partial charge in [0.25, 0.3) is 0 Å². The minimum absolute atomic E-state index is 0.0247. The first-order valence-electron chi connectivity index (χ1n) is 5.86. The summed E-state index contributed by atoms with van der Waals surface area (Å²) in [7, 11) is 1.66. The van der Waals surface area contributed by atoms with Crippen LogP contribution in [-0.2, 0) is 0 Å². The molecule has 0 saturated heterocycles. The number of nitrogens with two attached hydrogens (primary N) is 1. The summed E-state index contributed by atoms with van der Waals surface area (Å²) in [4.78, 5) is 1.62. The lowest BCUT2D eigenvalue weighted by atomic mass is 10.0. The summed E-state index contributed by atoms with van der Waals surface area (Å²) in [5.41, 5.74) is 8.06. The molecule has 0 heterocycles. The first-order chi connectivity index (χ1) is 8.29. The highest BCUT2D eigenvalue weighted by molar-refractivity contribution is 5.28. The number of halogens is 3. The number of aryl methyl sites for hydroxylation is 1. The minimum atomic E-state index is -4.11. The zero-order chi connectivity index (χ0) is 13.8. The molecule has 0 fully saturated rings. The lowest BCUT2D eigenvalue weighted by molar-refractivity contribution is -0.137. The third kappa shape index (κ3) is 5.06. The van der Waals surface area contributed by atoms with Gasteiger partial charge in [-0.1, -0.05) is 24.3 Å². The van der Waals surface area contributed by atoms with Crippen LogP contribution in [0.3, 0.4) is 0 Å². The Morgan fingerprint density at radius 1 is 1.28 bits per heavy atom. The van der Waals surface area contributed by atoms with Crippen LogP contribution < -0.4 is 5.73 Å². The van der Waals surface area contributed by atoms with E-state index in [-0.39, 0.29) is 12.6 Å². The molecule has 0 bridgehead atoms. The van der Waals surface area contributed by atoms with Crippen LogP contribution in [0.15, 0.2) is 24.3 Å². The highest BCUT2D eigenvalue weighted by Gasteiger charge is 2.27. The van der Waals surface area contributed by atoms with Gasteiger partial charge in [0.2, 0.25) is 0 Å². The summed E-state index contributed by atoms with van der Waals surface area (Å²) >= 11 is 0. The van der Waals surface area contributed by atoms with Gasteiger partial charge in [0, 0.05) is 19.1 Å². The Bertz CT molecular complexity index is 377. The number of nitrogens with zero attached hydrogens (tertiary/aromatic N) is 1. The Labute approximate surface area is 106 Å². The Hall–Kier alpha value is -1.07. The molecule has 0 aliphatic carbocycles. The predicted molar refractivity (Wildman–Crippen MR) is 66.3 cm³/mol. The van der Waals surface area contributed by atoms with E-state index >= 15 is 0 Å². The van der Waals surface area contributed by atoms with Gasteiger partial charge in [-0.3, -0.25) is 0 Å². The summed E-state index contributed by atoms with van der Waals surface area (Å²) in [6.07, 6.45) is -4.91. The Balaban J connectivity index is 2.50. The molecule has 0 aliphatic heterocycles. The molecule has 18 heavy (non-hydrogen) atoms. The van der Waals surface area contributed by atoms with E-state index in [1.807, 2.05) is 31.2 Å². The fraction of sp³-hybridized carbons (Fsp3) is 0.538. The van der Waals surface area contributed by atoms with Gasteiger partial charge in [-0.25, -0.2) is 0 Å². The molecule has 0 spiro atoms. The van der Waals surface area contributed by atoms with Crippen molar-refractivity contribution < 1.29 is 13.2 Å². The highest BCUT2D eigenvalue weighted by Crippen LogP contribution is 2.20. The number of hydrogen-bond acceptors (Lipinski definition) is 2. The zero-order valence-electron chi connectivity index (χ0n) is 10.7. The molecule has 1 aromatic carbocycles. The number of alkyl halides is 3. The molecule has 1 atom stereocenters. The fourth-order valence-corrected chi connectivity index (χ4v) is 1.85. The van der Waals surface area contributed by atoms with Crippen molar-refractivity contribution in [3.8, 4) is 0 Å². The number of rotatable bonds is 5. The van der Waals surface area contributed by atoms with Crippen molar-refractivity contribution in [1.82, 2.24) is 4.90 Å². The molecule has 102 valence electrons. The van der Waals surface area contributed by atoms with Gasteiger partial charge < -0.3 is 10.6 Å². The van der Waals surface area contributed by atoms with Gasteiger partial charge in [-0.2, -0.15) is 13.2 Å². The molecular weight excluding hydrogens is 241 g/mol. The van der Waals surface area contributed by atoms with Crippen LogP contribution in [0.2, 0.25) is 0 Å². The van der Waals surface area contributed by atoms with E-state index < -0.39 is 12.6 Å². The smallest absolute Gasteiger partial charge is 0.323 e. The van der Waals surface area contributed by atoms with E-state index in [1.54, 1.807) is 11.9 Å². The van der Waals surface area contributed by atoms with Gasteiger partial charge in [0.05, 0.1) is 6.42 Å². The van der Waals surface area contributed by atoms with E-state index in [1.165, 1.54) is 0 Å². The molecule has 0 aromatic heterocycles. The molecule has 5 heteroatoms. The average molecular weight is 260 g/mol. The van der Waals surface area contributed by atoms with Gasteiger partial charge in [-0.05, 0) is 25.1 Å². The maximum absolute atomic E-state index is 12.1. The molecule has 1 aromatic rings. The van der Waals surface area contributed by atoms with Crippen molar-refractivity contribution in [2.45, 2.75) is 25.6 Å². The predicted octanol–water partition coefficient (Wildman–Crippen LogP) is 2.88. The highest BCUT2D eigenvalue weighted by atomic mass is 19.4. The topological polar surface area (TPSA) is 29.3 Å². The SMILES string of the molecule is Cc1ccccc1C(N)CN(C)CCC(F)(F)F. The van der Waals surface area contributed by atoms with Gasteiger partial charge in [-0.15, -0.1) is 0 Å². The summed E-state index contributed by atoms with van der Waals surface area (Å²) in [5, 5.41) is 0. The van der Waals surface area contributed by atoms with Crippen LogP contribution in [0, 0.1) is 6.92 Å². The molecule has 1 unspecified atom stereocenters. The van der Waals surface area contributed by atoms with E-state index in [0.29, 0.717) is 6.54 Å². The molecule has 2 nitrogen and oxygen atoms in total. The molecule has 0 radical (unpaired) electrons. The van der Waals surface area contributed by atoms with E-state index in [4.69, 9.17) is 5.73 Å². The van der Waals surface area contributed by atoms with Crippen LogP contribution in [-0.4, -0.2) is 31.2 Å². The first kappa shape index (κ1) is 15.0. The standard InChI is InChI=1S/C13H19F3N2/c1-10-5-3-4-6-11(10)12(17)9-18(2)8-7-13(14,15)16/h3-6,12H,7-9,17H2,1-2H3. The Kier molecular flexibility index (Phi) is 5.16. The quantitative estimate of drug-likeness (QED) is 0.882. The third-order valence-electron chi connectivity index (χ3n) is 2.87. The summed E-state index contributed by atoms with van der Waals surface area (Å²) in [5.74, 6) is 0. The van der Waals surface area contributed by atoms with E-state index in [0.717, 1.165) is 11.1 Å². The van der Waals surface area contributed by atoms with Gasteiger partial charge in [0.1, 0.15) is 0 Å². The molecule has 0 saturated carbocycles. The normalized spacial score (nSPS) is 13.9. The molecular formula is C13H19F3N2. The van der Waals surface area contributed by atoms with E-state index in [9.17, 15) is 13.2 Å². The second kappa shape index (κ2) is 6.20. The Morgan fingerprint density at radius 3 is 2.44 bits per heavy atom. The second-order valence-electron chi connectivity index (χ2n) is 4.59. The zero-order valence-corrected chi connectivity index (χ0v) is 10.7. The van der Waals surface area contributed by atoms with Crippen LogP contribution in [0.4, 0.5) is 13.2 Å². The molecule has 0 amide bonds. The van der Waals surface area contributed by atoms with Gasteiger partial charge >= 0.3 is 6.18 Å². The lowest BCUT2D eigenvalue weighted by Crippen LogP contribution is -2.32. The summed E-state index contributed by atoms with van der Waals surface area (Å²) < 4.78 is 36.2. The van der Waals surface area contributed by atoms with Crippen molar-refractivity contribution in [2.24, 2.45) is 5.73 Å². The largest absolute Gasteiger partial charge is 0.390 e. The van der Waals surface area contributed by atoms with Crippen molar-refractivity contribution in [1.29, 1.82) is 0 Å². The number of hydrogen-bond donors (Lipinski definition) is 1. The fourth-order valence-electron chi connectivity index (χ4n) is 1.85. The van der Waals surface area contributed by atoms with Crippen molar-refractivity contribution in [3.05, 3.63) is 35.4 Å². The first-order valence-corrected chi connectivity index (χ1v) is 5.86. The average Bonchev–Trinajstić information content (AvgIpc) is 2.26. The van der Waals surface area contributed by atoms with Crippen molar-refractivity contribution in [3.63, 3.8) is 0 Å². The second-order valence-corrected chi connectivity index (χ2v) is 4.59. The monoisotopic (exact) mass is 260 g/mol. The summed E-state index contributed by atoms with van der Waals surface area (Å²) in [6, 6.07) is 7.41. The number of likely N-dealkylation sites (N-methyl/N-ethyl adjacent to an activating group) is 1. The molecule has 0 aliphatic rings. The molecule has 1 rings (SSSR count). The van der Waals surface area contributed by atoms with E-state index in [2.05, 4.69) is 0 Å². The minimum Gasteiger partial charge on any atom is -0.323 e. The maximum atomic E-state index is 12.1. The van der Waals surface area contributed by atoms with Gasteiger partial charge in [0.15, 0.2) is 0 Å². The lowest BCUT2D eigenvalue weighted by Gasteiger charge is -2.23. The van der Waals surface area contributed by atoms with Crippen LogP contribution in [0.1, 0.15) is 23.6 Å². The van der Waals surface area contributed by atoms with Crippen LogP contribution in [0.25, 0.3) is 0 Å². The molecule has 2 N–H and O–H groups in total. The Morgan fingerprint density at radius 2 is 1.89 bits per heavy atom. The summed E-state index contributed by atoms with van der Waals surface area (Å²) in [6.45, 7) is 2.34. The van der Waals surface area contributed by atoms with Crippen LogP contribution >= 0.6 is 0 Å². The number of benzene rings is 1.